The van der Waals surface area contributed by atoms with Crippen molar-refractivity contribution in [3.05, 3.63) is 60.7 Å². The van der Waals surface area contributed by atoms with Crippen molar-refractivity contribution >= 4 is 18.4 Å². The highest BCUT2D eigenvalue weighted by atomic mass is 35.5. The van der Waals surface area contributed by atoms with E-state index in [1.54, 1.807) is 12.1 Å². The lowest BCUT2D eigenvalue weighted by molar-refractivity contribution is -0.137. The van der Waals surface area contributed by atoms with Crippen LogP contribution in [0.2, 0.25) is 0 Å². The van der Waals surface area contributed by atoms with E-state index in [9.17, 15) is 4.79 Å². The molecular formula is C18H20ClNO4. The molecule has 0 radical (unpaired) electrons. The van der Waals surface area contributed by atoms with E-state index in [-0.39, 0.29) is 25.4 Å². The minimum absolute atomic E-state index is 0. The number of carbonyl (C=O) groups is 1. The molecule has 0 bridgehead atoms. The molecule has 0 aliphatic heterocycles. The second-order valence-electron chi connectivity index (χ2n) is 4.37. The number of carboxylic acid groups (broad SMARTS) is 1. The lowest BCUT2D eigenvalue weighted by Crippen LogP contribution is -2.04. The van der Waals surface area contributed by atoms with Gasteiger partial charge in [0.2, 0.25) is 0 Å². The molecular weight excluding hydrogens is 330 g/mol. The van der Waals surface area contributed by atoms with Crippen LogP contribution < -0.4 is 9.47 Å². The van der Waals surface area contributed by atoms with Gasteiger partial charge in [0.15, 0.2) is 0 Å². The van der Waals surface area contributed by atoms with Gasteiger partial charge in [0.1, 0.15) is 18.1 Å². The van der Waals surface area contributed by atoms with Crippen LogP contribution in [0.15, 0.2) is 60.7 Å². The molecule has 0 aromatic heterocycles. The quantitative estimate of drug-likeness (QED) is 0.766. The summed E-state index contributed by atoms with van der Waals surface area (Å²) >= 11 is 0. The van der Waals surface area contributed by atoms with Gasteiger partial charge in [0.25, 0.3) is 0 Å². The van der Waals surface area contributed by atoms with Gasteiger partial charge in [0.05, 0.1) is 25.5 Å². The highest BCUT2D eigenvalue weighted by molar-refractivity contribution is 5.85. The van der Waals surface area contributed by atoms with Crippen molar-refractivity contribution in [2.45, 2.75) is 12.8 Å². The molecule has 0 amide bonds. The molecule has 6 heteroatoms. The Morgan fingerprint density at radius 1 is 0.917 bits per heavy atom. The van der Waals surface area contributed by atoms with E-state index in [4.69, 9.17) is 19.8 Å². The third kappa shape index (κ3) is 10.9. The van der Waals surface area contributed by atoms with Crippen LogP contribution in [-0.4, -0.2) is 24.3 Å². The smallest absolute Gasteiger partial charge is 0.306 e. The minimum Gasteiger partial charge on any atom is -0.493 e. The number of nitriles is 1. The van der Waals surface area contributed by atoms with Gasteiger partial charge in [-0.25, -0.2) is 0 Å². The molecule has 2 aromatic carbocycles. The van der Waals surface area contributed by atoms with Crippen LogP contribution in [0.4, 0.5) is 0 Å². The molecule has 0 saturated carbocycles. The summed E-state index contributed by atoms with van der Waals surface area (Å²) in [5.74, 6) is 0.687. The fourth-order valence-corrected chi connectivity index (χ4v) is 1.50. The van der Waals surface area contributed by atoms with Gasteiger partial charge >= 0.3 is 5.97 Å². The van der Waals surface area contributed by atoms with E-state index in [0.29, 0.717) is 18.8 Å². The largest absolute Gasteiger partial charge is 0.493 e. The molecule has 0 spiro atoms. The van der Waals surface area contributed by atoms with Crippen LogP contribution in [0.5, 0.6) is 11.5 Å². The molecule has 0 fully saturated rings. The molecule has 24 heavy (non-hydrogen) atoms. The first-order chi connectivity index (χ1) is 11.2. The van der Waals surface area contributed by atoms with E-state index in [2.05, 4.69) is 0 Å². The standard InChI is InChI=1S/C9H9NO.C9H10O3.ClH/c10-7-4-8-11-9-5-2-1-3-6-9;10-9(11)6-7-12-8-4-2-1-3-5-8;/h1-3,5-6H,4,8H2;1-5H,6-7H2,(H,10,11);1H. The summed E-state index contributed by atoms with van der Waals surface area (Å²) in [6.45, 7) is 0.694. The average Bonchev–Trinajstić information content (AvgIpc) is 2.57. The SMILES string of the molecule is Cl.N#CCCOc1ccccc1.O=C(O)CCOc1ccccc1. The van der Waals surface area contributed by atoms with Gasteiger partial charge in [0, 0.05) is 0 Å². The van der Waals surface area contributed by atoms with Crippen LogP contribution in [0.3, 0.4) is 0 Å². The number of benzene rings is 2. The normalized spacial score (nSPS) is 8.62. The summed E-state index contributed by atoms with van der Waals surface area (Å²) < 4.78 is 10.4. The Labute approximate surface area is 147 Å². The Bertz CT molecular complexity index is 599. The monoisotopic (exact) mass is 349 g/mol. The molecule has 0 atom stereocenters. The van der Waals surface area contributed by atoms with Gasteiger partial charge < -0.3 is 14.6 Å². The molecule has 0 aliphatic carbocycles. The second kappa shape index (κ2) is 13.9. The van der Waals surface area contributed by atoms with Gasteiger partial charge in [-0.05, 0) is 24.3 Å². The lowest BCUT2D eigenvalue weighted by atomic mass is 10.3. The Kier molecular flexibility index (Phi) is 12.3. The van der Waals surface area contributed by atoms with Gasteiger partial charge in [-0.1, -0.05) is 36.4 Å². The van der Waals surface area contributed by atoms with E-state index >= 15 is 0 Å². The van der Waals surface area contributed by atoms with E-state index < -0.39 is 5.97 Å². The zero-order valence-electron chi connectivity index (χ0n) is 13.1. The lowest BCUT2D eigenvalue weighted by Gasteiger charge is -2.02. The number of nitrogens with zero attached hydrogens (tertiary/aromatic N) is 1. The van der Waals surface area contributed by atoms with Crippen LogP contribution in [0.1, 0.15) is 12.8 Å². The summed E-state index contributed by atoms with van der Waals surface area (Å²) in [6, 6.07) is 20.6. The van der Waals surface area contributed by atoms with Crippen LogP contribution >= 0.6 is 12.4 Å². The Morgan fingerprint density at radius 3 is 1.79 bits per heavy atom. The predicted molar refractivity (Wildman–Crippen MR) is 93.6 cm³/mol. The van der Waals surface area contributed by atoms with Crippen molar-refractivity contribution in [3.8, 4) is 17.6 Å². The number of hydrogen-bond acceptors (Lipinski definition) is 4. The molecule has 128 valence electrons. The molecule has 2 rings (SSSR count). The summed E-state index contributed by atoms with van der Waals surface area (Å²) in [7, 11) is 0. The maximum Gasteiger partial charge on any atom is 0.306 e. The molecule has 0 saturated heterocycles. The number of ether oxygens (including phenoxy) is 2. The van der Waals surface area contributed by atoms with Gasteiger partial charge in [-0.3, -0.25) is 4.79 Å². The molecule has 0 unspecified atom stereocenters. The number of halogens is 1. The zero-order valence-corrected chi connectivity index (χ0v) is 13.9. The fraction of sp³-hybridized carbons (Fsp3) is 0.222. The molecule has 1 N–H and O–H groups in total. The fourth-order valence-electron chi connectivity index (χ4n) is 1.50. The van der Waals surface area contributed by atoms with E-state index in [1.807, 2.05) is 54.6 Å². The summed E-state index contributed by atoms with van der Waals surface area (Å²) in [4.78, 5) is 10.1. The highest BCUT2D eigenvalue weighted by Crippen LogP contribution is 2.08. The Morgan fingerprint density at radius 2 is 1.38 bits per heavy atom. The molecule has 0 heterocycles. The van der Waals surface area contributed by atoms with Crippen LogP contribution in [-0.2, 0) is 4.79 Å². The number of aliphatic carboxylic acids is 1. The summed E-state index contributed by atoms with van der Waals surface area (Å²) in [6.07, 6.45) is 0.476. The van der Waals surface area contributed by atoms with Crippen LogP contribution in [0.25, 0.3) is 0 Å². The zero-order chi connectivity index (χ0) is 16.8. The third-order valence-electron chi connectivity index (χ3n) is 2.55. The van der Waals surface area contributed by atoms with Crippen molar-refractivity contribution in [3.63, 3.8) is 0 Å². The summed E-state index contributed by atoms with van der Waals surface area (Å²) in [5.41, 5.74) is 0. The third-order valence-corrected chi connectivity index (χ3v) is 2.55. The van der Waals surface area contributed by atoms with Crippen molar-refractivity contribution in [1.82, 2.24) is 0 Å². The second-order valence-corrected chi connectivity index (χ2v) is 4.37. The van der Waals surface area contributed by atoms with Crippen LogP contribution in [0, 0.1) is 11.3 Å². The Balaban J connectivity index is 0.000000425. The highest BCUT2D eigenvalue weighted by Gasteiger charge is 1.96. The number of rotatable bonds is 7. The maximum absolute atomic E-state index is 10.1. The Hall–Kier alpha value is -2.71. The van der Waals surface area contributed by atoms with Gasteiger partial charge in [-0.2, -0.15) is 5.26 Å². The first-order valence-electron chi connectivity index (χ1n) is 7.17. The van der Waals surface area contributed by atoms with E-state index in [1.165, 1.54) is 0 Å². The summed E-state index contributed by atoms with van der Waals surface area (Å²) in [5, 5.41) is 16.5. The molecule has 0 aliphatic rings. The molecule has 5 nitrogen and oxygen atoms in total. The topological polar surface area (TPSA) is 79.5 Å². The van der Waals surface area contributed by atoms with Crippen molar-refractivity contribution in [2.24, 2.45) is 0 Å². The number of para-hydroxylation sites is 2. The van der Waals surface area contributed by atoms with E-state index in [0.717, 1.165) is 5.75 Å². The number of carboxylic acids is 1. The first-order valence-corrected chi connectivity index (χ1v) is 7.17. The number of hydrogen-bond donors (Lipinski definition) is 1. The maximum atomic E-state index is 10.1. The average molecular weight is 350 g/mol. The van der Waals surface area contributed by atoms with Gasteiger partial charge in [-0.15, -0.1) is 12.4 Å². The predicted octanol–water partition coefficient (Wildman–Crippen LogP) is 3.94. The molecule has 2 aromatic rings. The minimum atomic E-state index is -0.842. The van der Waals surface area contributed by atoms with Crippen molar-refractivity contribution in [2.75, 3.05) is 13.2 Å². The van der Waals surface area contributed by atoms with Crippen molar-refractivity contribution in [1.29, 1.82) is 5.26 Å². The first kappa shape index (κ1) is 21.3. The van der Waals surface area contributed by atoms with Crippen molar-refractivity contribution < 1.29 is 19.4 Å².